The number of hydrogen-bond acceptors (Lipinski definition) is 6. The number of sulfonamides is 2. The Morgan fingerprint density at radius 3 is 2.26 bits per heavy atom. The van der Waals surface area contributed by atoms with Crippen molar-refractivity contribution in [1.82, 2.24) is 9.88 Å². The molecule has 6 aromatic rings. The monoisotopic (exact) mass is 668 g/mol. The summed E-state index contributed by atoms with van der Waals surface area (Å²) in [5.74, 6) is 0.0106. The zero-order valence-corrected chi connectivity index (χ0v) is 28.0. The zero-order chi connectivity index (χ0) is 33.4. The van der Waals surface area contributed by atoms with E-state index in [0.717, 1.165) is 28.4 Å². The van der Waals surface area contributed by atoms with E-state index in [1.807, 2.05) is 72.2 Å². The van der Waals surface area contributed by atoms with Crippen LogP contribution in [-0.4, -0.2) is 53.9 Å². The lowest BCUT2D eigenvalue weighted by molar-refractivity contribution is 0.0964. The van der Waals surface area contributed by atoms with Gasteiger partial charge in [-0.25, -0.2) is 16.8 Å². The fourth-order valence-electron chi connectivity index (χ4n) is 6.26. The first-order chi connectivity index (χ1) is 22.3. The molecule has 2 aromatic heterocycles. The minimum absolute atomic E-state index is 0.119. The number of nitrogens with one attached hydrogen (secondary N) is 1. The second kappa shape index (κ2) is 10.7. The van der Waals surface area contributed by atoms with Crippen molar-refractivity contribution in [2.45, 2.75) is 13.6 Å². The molecule has 0 saturated carbocycles. The van der Waals surface area contributed by atoms with Gasteiger partial charge in [-0.05, 0) is 42.8 Å². The predicted octanol–water partition coefficient (Wildman–Crippen LogP) is 6.19. The van der Waals surface area contributed by atoms with Gasteiger partial charge in [-0.1, -0.05) is 54.1 Å². The molecule has 0 bridgehead atoms. The molecule has 7 rings (SSSR count). The van der Waals surface area contributed by atoms with Crippen LogP contribution in [0.5, 0.6) is 0 Å². The van der Waals surface area contributed by atoms with E-state index in [4.69, 9.17) is 4.42 Å². The van der Waals surface area contributed by atoms with Gasteiger partial charge < -0.3 is 14.3 Å². The molecule has 4 aromatic carbocycles. The molecule has 240 valence electrons. The lowest BCUT2D eigenvalue weighted by Crippen LogP contribution is -2.35. The molecule has 0 aliphatic carbocycles. The number of aromatic nitrogens is 1. The van der Waals surface area contributed by atoms with Gasteiger partial charge in [0.25, 0.3) is 5.91 Å². The number of rotatable bonds is 6. The number of amides is 1. The van der Waals surface area contributed by atoms with Crippen molar-refractivity contribution in [3.63, 3.8) is 0 Å². The van der Waals surface area contributed by atoms with Gasteiger partial charge in [0.1, 0.15) is 18.0 Å². The number of para-hydroxylation sites is 1. The summed E-state index contributed by atoms with van der Waals surface area (Å²) < 4.78 is 62.7. The summed E-state index contributed by atoms with van der Waals surface area (Å²) in [6.45, 7) is 2.09. The quantitative estimate of drug-likeness (QED) is 0.226. The van der Waals surface area contributed by atoms with E-state index >= 15 is 0 Å². The van der Waals surface area contributed by atoms with Gasteiger partial charge in [0.05, 0.1) is 40.7 Å². The number of aryl methyl sites for hydroxylation is 1. The van der Waals surface area contributed by atoms with Gasteiger partial charge in [0, 0.05) is 47.6 Å². The molecule has 1 N–H and O–H groups in total. The third-order valence-electron chi connectivity index (χ3n) is 8.74. The average Bonchev–Trinajstić information content (AvgIpc) is 3.60. The van der Waals surface area contributed by atoms with Crippen LogP contribution >= 0.6 is 0 Å². The lowest BCUT2D eigenvalue weighted by atomic mass is 9.95. The first kappa shape index (κ1) is 30.6. The molecule has 47 heavy (non-hydrogen) atoms. The number of hydrogen-bond donors (Lipinski definition) is 1. The number of nitrogens with zero attached hydrogens (tertiary/aromatic N) is 3. The van der Waals surface area contributed by atoms with Gasteiger partial charge >= 0.3 is 0 Å². The van der Waals surface area contributed by atoms with Crippen LogP contribution in [0, 0.1) is 6.92 Å². The van der Waals surface area contributed by atoms with Crippen molar-refractivity contribution in [3.8, 4) is 33.7 Å². The summed E-state index contributed by atoms with van der Waals surface area (Å²) in [4.78, 5) is 13.4. The average molecular weight is 669 g/mol. The molecule has 1 aliphatic rings. The van der Waals surface area contributed by atoms with E-state index in [0.29, 0.717) is 55.9 Å². The second-order valence-electron chi connectivity index (χ2n) is 11.8. The molecule has 0 saturated heterocycles. The summed E-state index contributed by atoms with van der Waals surface area (Å²) in [7, 11) is -4.37. The van der Waals surface area contributed by atoms with Gasteiger partial charge in [0.15, 0.2) is 0 Å². The van der Waals surface area contributed by atoms with Crippen LogP contribution in [-0.2, 0) is 26.7 Å². The standard InChI is InChI=1S/C35H32N4O6S2/c1-21-10-12-22(13-11-21)34-33(35(40)36-2)27-18-25(30(19-32(27)45-34)37(3)46(4,41)42)23-14-15-29-26(16-23)31-17-24-8-6-7-9-28(24)38(31)20-39(29)47(5,43)44/h6-19H,20H2,1-5H3,(H,36,40). The normalized spacial score (nSPS) is 13.1. The molecule has 0 fully saturated rings. The SMILES string of the molecule is CNC(=O)c1c(-c2ccc(C)cc2)oc2cc(N(C)S(C)(=O)=O)c(-c3ccc4c(c3)-c3cc5ccccc5n3CN4S(C)(=O)=O)cc12. The highest BCUT2D eigenvalue weighted by atomic mass is 32.2. The smallest absolute Gasteiger partial charge is 0.255 e. The van der Waals surface area contributed by atoms with E-state index in [2.05, 4.69) is 5.32 Å². The number of benzene rings is 4. The second-order valence-corrected chi connectivity index (χ2v) is 15.8. The maximum atomic E-state index is 13.4. The van der Waals surface area contributed by atoms with Crippen molar-refractivity contribution < 1.29 is 26.0 Å². The Kier molecular flexibility index (Phi) is 6.99. The first-order valence-corrected chi connectivity index (χ1v) is 18.5. The summed E-state index contributed by atoms with van der Waals surface area (Å²) in [6, 6.07) is 26.2. The van der Waals surface area contributed by atoms with E-state index in [-0.39, 0.29) is 12.6 Å². The Labute approximate surface area is 272 Å². The van der Waals surface area contributed by atoms with E-state index in [1.165, 1.54) is 21.9 Å². The van der Waals surface area contributed by atoms with Gasteiger partial charge in [-0.15, -0.1) is 0 Å². The van der Waals surface area contributed by atoms with Gasteiger partial charge in [-0.3, -0.25) is 13.4 Å². The molecule has 0 unspecified atom stereocenters. The van der Waals surface area contributed by atoms with Crippen LogP contribution in [0.1, 0.15) is 15.9 Å². The maximum absolute atomic E-state index is 13.4. The lowest BCUT2D eigenvalue weighted by Gasteiger charge is -2.32. The Bertz CT molecular complexity index is 2480. The number of furan rings is 1. The molecule has 0 spiro atoms. The van der Waals surface area contributed by atoms with Crippen LogP contribution < -0.4 is 13.9 Å². The topological polar surface area (TPSA) is 122 Å². The van der Waals surface area contributed by atoms with Gasteiger partial charge in [-0.2, -0.15) is 0 Å². The van der Waals surface area contributed by atoms with Crippen LogP contribution in [0.2, 0.25) is 0 Å². The van der Waals surface area contributed by atoms with Crippen molar-refractivity contribution in [2.75, 3.05) is 35.2 Å². The summed E-state index contributed by atoms with van der Waals surface area (Å²) in [5.41, 5.74) is 6.81. The maximum Gasteiger partial charge on any atom is 0.255 e. The third kappa shape index (κ3) is 5.04. The molecule has 1 aliphatic heterocycles. The van der Waals surface area contributed by atoms with E-state index < -0.39 is 20.0 Å². The number of carbonyl (C=O) groups is 1. The van der Waals surface area contributed by atoms with Crippen LogP contribution in [0.3, 0.4) is 0 Å². The molecular formula is C35H32N4O6S2. The van der Waals surface area contributed by atoms with Gasteiger partial charge in [0.2, 0.25) is 20.0 Å². The largest absolute Gasteiger partial charge is 0.455 e. The molecule has 10 nitrogen and oxygen atoms in total. The first-order valence-electron chi connectivity index (χ1n) is 14.8. The minimum Gasteiger partial charge on any atom is -0.455 e. The number of carbonyl (C=O) groups excluding carboxylic acids is 1. The van der Waals surface area contributed by atoms with Crippen molar-refractivity contribution >= 4 is 59.2 Å². The summed E-state index contributed by atoms with van der Waals surface area (Å²) in [5, 5.41) is 4.18. The highest BCUT2D eigenvalue weighted by Gasteiger charge is 2.31. The number of anilines is 2. The fraction of sp³-hybridized carbons (Fsp3) is 0.171. The molecule has 1 amide bonds. The molecule has 0 atom stereocenters. The Morgan fingerprint density at radius 1 is 0.872 bits per heavy atom. The third-order valence-corrected chi connectivity index (χ3v) is 11.0. The van der Waals surface area contributed by atoms with E-state index in [9.17, 15) is 21.6 Å². The van der Waals surface area contributed by atoms with Crippen molar-refractivity contribution in [2.24, 2.45) is 0 Å². The summed E-state index contributed by atoms with van der Waals surface area (Å²) in [6.07, 6.45) is 2.30. The molecular weight excluding hydrogens is 637 g/mol. The highest BCUT2D eigenvalue weighted by Crippen LogP contribution is 2.46. The van der Waals surface area contributed by atoms with Crippen LogP contribution in [0.4, 0.5) is 11.4 Å². The number of fused-ring (bicyclic) bond motifs is 6. The highest BCUT2D eigenvalue weighted by molar-refractivity contribution is 7.92. The minimum atomic E-state index is -3.73. The van der Waals surface area contributed by atoms with Crippen molar-refractivity contribution in [3.05, 3.63) is 96.1 Å². The Hall–Kier alpha value is -5.07. The summed E-state index contributed by atoms with van der Waals surface area (Å²) >= 11 is 0. The van der Waals surface area contributed by atoms with Crippen LogP contribution in [0.25, 0.3) is 55.6 Å². The van der Waals surface area contributed by atoms with E-state index in [1.54, 1.807) is 31.3 Å². The predicted molar refractivity (Wildman–Crippen MR) is 187 cm³/mol. The van der Waals surface area contributed by atoms with Crippen molar-refractivity contribution in [1.29, 1.82) is 0 Å². The molecule has 3 heterocycles. The molecule has 0 radical (unpaired) electrons. The Balaban J connectivity index is 1.53. The fourth-order valence-corrected chi connectivity index (χ4v) is 7.61. The van der Waals surface area contributed by atoms with Crippen LogP contribution in [0.15, 0.2) is 89.3 Å². The Morgan fingerprint density at radius 2 is 1.57 bits per heavy atom. The molecule has 12 heteroatoms. The zero-order valence-electron chi connectivity index (χ0n) is 26.4.